The molecule has 4 N–H and O–H groups in total. The van der Waals surface area contributed by atoms with Gasteiger partial charge in [0, 0.05) is 29.4 Å². The van der Waals surface area contributed by atoms with Crippen LogP contribution in [0.5, 0.6) is 0 Å². The highest BCUT2D eigenvalue weighted by molar-refractivity contribution is 8.04. The van der Waals surface area contributed by atoms with E-state index >= 15 is 0 Å². The smallest absolute Gasteiger partial charge is 0.326 e. The highest BCUT2D eigenvalue weighted by atomic mass is 32.2. The Balaban J connectivity index is 1.38. The van der Waals surface area contributed by atoms with Gasteiger partial charge in [-0.2, -0.15) is 0 Å². The number of hydrogen-bond donors (Lipinski definition) is 4. The number of carbonyl (C=O) groups is 3. The van der Waals surface area contributed by atoms with Crippen molar-refractivity contribution in [1.29, 1.82) is 0 Å². The number of carbonyl (C=O) groups excluding carboxylic acids is 3. The number of amides is 4. The molecule has 5 rings (SSSR count). The highest BCUT2D eigenvalue weighted by Crippen LogP contribution is 2.48. The molecule has 0 bridgehead atoms. The molecule has 37 heavy (non-hydrogen) atoms. The number of urea groups is 1. The van der Waals surface area contributed by atoms with Crippen molar-refractivity contribution in [2.75, 3.05) is 11.4 Å². The van der Waals surface area contributed by atoms with Gasteiger partial charge in [0.1, 0.15) is 0 Å². The normalized spacial score (nSPS) is 28.7. The Bertz CT molecular complexity index is 1150. The van der Waals surface area contributed by atoms with Gasteiger partial charge in [-0.1, -0.05) is 32.2 Å². The second-order valence-electron chi connectivity index (χ2n) is 10.8. The van der Waals surface area contributed by atoms with Crippen LogP contribution in [0.2, 0.25) is 0 Å². The van der Waals surface area contributed by atoms with Gasteiger partial charge in [-0.15, -0.1) is 0 Å². The predicted octanol–water partition coefficient (Wildman–Crippen LogP) is 2.72. The van der Waals surface area contributed by atoms with Gasteiger partial charge < -0.3 is 21.3 Å². The Morgan fingerprint density at radius 3 is 2.73 bits per heavy atom. The average Bonchev–Trinajstić information content (AvgIpc) is 3.44. The van der Waals surface area contributed by atoms with Crippen LogP contribution in [0.15, 0.2) is 35.5 Å². The molecule has 4 aliphatic rings. The molecule has 4 amide bonds. The third-order valence-electron chi connectivity index (χ3n) is 7.71. The first-order chi connectivity index (χ1) is 17.8. The van der Waals surface area contributed by atoms with Crippen molar-refractivity contribution in [3.63, 3.8) is 0 Å². The first-order valence-electron chi connectivity index (χ1n) is 13.2. The third kappa shape index (κ3) is 5.01. The van der Waals surface area contributed by atoms with Crippen molar-refractivity contribution in [3.05, 3.63) is 46.8 Å². The molecule has 2 saturated heterocycles. The monoisotopic (exact) mass is 524 g/mol. The lowest BCUT2D eigenvalue weighted by molar-refractivity contribution is -0.119. The minimum atomic E-state index is -0.233. The molecule has 198 valence electrons. The summed E-state index contributed by atoms with van der Waals surface area (Å²) in [7, 11) is 0. The van der Waals surface area contributed by atoms with E-state index in [4.69, 9.17) is 0 Å². The largest absolute Gasteiger partial charge is 0.348 e. The van der Waals surface area contributed by atoms with Gasteiger partial charge >= 0.3 is 6.03 Å². The molecule has 4 heterocycles. The van der Waals surface area contributed by atoms with Crippen molar-refractivity contribution in [2.45, 2.75) is 76.4 Å². The standard InChI is InChI=1S/C27H36N6O3S/c1-5-21(34)30-17-7-6-8-18(17)31-25(35)24-23-22-19(9-10-28-26(22)37-24)33(27(36)32-23)20-13-29-16(11-14(2)3)12-15(20)4/h5,12-14,17-19,22,26,28H,1,6-11H2,2-4H3,(H,30,34)(H,31,35)(H,32,36)/t17-,18-,19?,22?,26?/m1/s1. The van der Waals surface area contributed by atoms with E-state index < -0.39 is 0 Å². The van der Waals surface area contributed by atoms with Gasteiger partial charge in [0.15, 0.2) is 0 Å². The molecule has 3 aliphatic heterocycles. The molecule has 1 aromatic heterocycles. The summed E-state index contributed by atoms with van der Waals surface area (Å²) in [4.78, 5) is 45.9. The van der Waals surface area contributed by atoms with Gasteiger partial charge in [0.05, 0.1) is 28.2 Å². The maximum absolute atomic E-state index is 13.5. The number of nitrogens with zero attached hydrogens (tertiary/aromatic N) is 2. The number of hydrogen-bond acceptors (Lipinski definition) is 6. The summed E-state index contributed by atoms with van der Waals surface area (Å²) in [6, 6.07) is 1.53. The molecular weight excluding hydrogens is 488 g/mol. The van der Waals surface area contributed by atoms with Gasteiger partial charge in [-0.25, -0.2) is 4.79 Å². The van der Waals surface area contributed by atoms with Gasteiger partial charge in [-0.05, 0) is 69.2 Å². The molecule has 9 nitrogen and oxygen atoms in total. The van der Waals surface area contributed by atoms with Crippen LogP contribution in [0.1, 0.15) is 50.8 Å². The van der Waals surface area contributed by atoms with Crippen molar-refractivity contribution in [2.24, 2.45) is 11.8 Å². The quantitative estimate of drug-likeness (QED) is 0.408. The van der Waals surface area contributed by atoms with E-state index in [-0.39, 0.29) is 47.3 Å². The zero-order valence-electron chi connectivity index (χ0n) is 21.7. The first-order valence-corrected chi connectivity index (χ1v) is 14.1. The highest BCUT2D eigenvalue weighted by Gasteiger charge is 2.52. The number of aryl methyl sites for hydroxylation is 1. The fourth-order valence-corrected chi connectivity index (χ4v) is 7.47. The SMILES string of the molecule is C=CC(=O)N[C@@H]1CCC[C@H]1NC(=O)C1=C2NC(=O)N(c3cnc(CC(C)C)cc3C)C3CCNC(S1)C23. The van der Waals surface area contributed by atoms with E-state index in [0.717, 1.165) is 55.6 Å². The second kappa shape index (κ2) is 10.5. The number of rotatable bonds is 7. The molecule has 1 saturated carbocycles. The Kier molecular flexibility index (Phi) is 7.31. The molecule has 0 spiro atoms. The number of thioether (sulfide) groups is 1. The Morgan fingerprint density at radius 2 is 2.03 bits per heavy atom. The van der Waals surface area contributed by atoms with Gasteiger partial charge in [0.25, 0.3) is 5.91 Å². The van der Waals surface area contributed by atoms with Crippen molar-refractivity contribution in [3.8, 4) is 0 Å². The zero-order chi connectivity index (χ0) is 26.3. The lowest BCUT2D eigenvalue weighted by atomic mass is 9.86. The molecule has 10 heteroatoms. The topological polar surface area (TPSA) is 115 Å². The summed E-state index contributed by atoms with van der Waals surface area (Å²) in [6.07, 6.45) is 7.30. The van der Waals surface area contributed by atoms with Crippen LogP contribution < -0.4 is 26.2 Å². The number of anilines is 1. The van der Waals surface area contributed by atoms with Gasteiger partial charge in [-0.3, -0.25) is 19.5 Å². The summed E-state index contributed by atoms with van der Waals surface area (Å²) >= 11 is 1.49. The number of piperidine rings is 1. The van der Waals surface area contributed by atoms with E-state index in [1.54, 1.807) is 0 Å². The van der Waals surface area contributed by atoms with Gasteiger partial charge in [0.2, 0.25) is 5.91 Å². The minimum Gasteiger partial charge on any atom is -0.348 e. The average molecular weight is 525 g/mol. The minimum absolute atomic E-state index is 0.00548. The summed E-state index contributed by atoms with van der Waals surface area (Å²) in [5, 5.41) is 12.7. The fraction of sp³-hybridized carbons (Fsp3) is 0.556. The van der Waals surface area contributed by atoms with Crippen molar-refractivity contribution >= 4 is 35.3 Å². The van der Waals surface area contributed by atoms with Crippen LogP contribution in [0.25, 0.3) is 0 Å². The molecule has 3 fully saturated rings. The predicted molar refractivity (Wildman–Crippen MR) is 145 cm³/mol. The van der Waals surface area contributed by atoms with Crippen LogP contribution in [0.4, 0.5) is 10.5 Å². The first kappa shape index (κ1) is 25.8. The summed E-state index contributed by atoms with van der Waals surface area (Å²) in [5.74, 6) is 0.0611. The fourth-order valence-electron chi connectivity index (χ4n) is 6.07. The van der Waals surface area contributed by atoms with Crippen LogP contribution in [-0.2, 0) is 16.0 Å². The molecular formula is C27H36N6O3S. The molecule has 0 radical (unpaired) electrons. The summed E-state index contributed by atoms with van der Waals surface area (Å²) in [6.45, 7) is 10.7. The summed E-state index contributed by atoms with van der Waals surface area (Å²) < 4.78 is 0. The summed E-state index contributed by atoms with van der Waals surface area (Å²) in [5.41, 5.74) is 3.59. The maximum Gasteiger partial charge on any atom is 0.326 e. The van der Waals surface area contributed by atoms with Crippen LogP contribution in [-0.4, -0.2) is 52.9 Å². The Labute approximate surface area is 222 Å². The lowest BCUT2D eigenvalue weighted by Crippen LogP contribution is -2.62. The molecule has 3 unspecified atom stereocenters. The van der Waals surface area contributed by atoms with E-state index in [9.17, 15) is 14.4 Å². The lowest BCUT2D eigenvalue weighted by Gasteiger charge is -2.46. The van der Waals surface area contributed by atoms with E-state index in [1.165, 1.54) is 17.8 Å². The number of nitrogens with one attached hydrogen (secondary N) is 4. The van der Waals surface area contributed by atoms with Crippen molar-refractivity contribution < 1.29 is 14.4 Å². The van der Waals surface area contributed by atoms with Crippen LogP contribution >= 0.6 is 11.8 Å². The van der Waals surface area contributed by atoms with Crippen LogP contribution in [0, 0.1) is 18.8 Å². The third-order valence-corrected chi connectivity index (χ3v) is 9.06. The number of aromatic nitrogens is 1. The Hall–Kier alpha value is -2.85. The molecule has 1 aromatic rings. The van der Waals surface area contributed by atoms with Crippen molar-refractivity contribution in [1.82, 2.24) is 26.3 Å². The van der Waals surface area contributed by atoms with E-state index in [2.05, 4.69) is 52.7 Å². The molecule has 1 aliphatic carbocycles. The van der Waals surface area contributed by atoms with Crippen LogP contribution in [0.3, 0.4) is 0 Å². The zero-order valence-corrected chi connectivity index (χ0v) is 22.5. The molecule has 0 aromatic carbocycles. The van der Waals surface area contributed by atoms with E-state index in [1.807, 2.05) is 18.0 Å². The van der Waals surface area contributed by atoms with E-state index in [0.29, 0.717) is 16.5 Å². The number of pyridine rings is 1. The maximum atomic E-state index is 13.5. The Morgan fingerprint density at radius 1 is 1.27 bits per heavy atom. The molecule has 5 atom stereocenters. The second-order valence-corrected chi connectivity index (χ2v) is 12.0.